The Bertz CT molecular complexity index is 1240. The molecule has 0 bridgehead atoms. The van der Waals surface area contributed by atoms with E-state index in [1.54, 1.807) is 18.2 Å². The summed E-state index contributed by atoms with van der Waals surface area (Å²) < 4.78 is 32.8. The first-order valence-electron chi connectivity index (χ1n) is 9.22. The van der Waals surface area contributed by atoms with Gasteiger partial charge in [0.1, 0.15) is 33.8 Å². The summed E-state index contributed by atoms with van der Waals surface area (Å²) in [6.07, 6.45) is 1.70. The third-order valence-electron chi connectivity index (χ3n) is 4.88. The summed E-state index contributed by atoms with van der Waals surface area (Å²) in [6.45, 7) is 0.406. The van der Waals surface area contributed by atoms with E-state index in [1.165, 1.54) is 29.4 Å². The molecule has 3 heterocycles. The fraction of sp³-hybridized carbons (Fsp3) is 0.211. The second kappa shape index (κ2) is 8.13. The predicted molar refractivity (Wildman–Crippen MR) is 113 cm³/mol. The van der Waals surface area contributed by atoms with Gasteiger partial charge in [-0.25, -0.2) is 8.42 Å². The van der Waals surface area contributed by atoms with E-state index in [0.717, 1.165) is 11.3 Å². The van der Waals surface area contributed by atoms with Crippen molar-refractivity contribution in [3.05, 3.63) is 53.8 Å². The molecule has 5 N–H and O–H groups in total. The standard InChI is InChI=1S/C19H19N5O5S2/c20-18(21)11-1-2-15(25)12(9-11)10-24-7-5-14(19(24)26)23-31(27,28)17-4-3-16(30-17)13-6-8-29-22-13/h1-4,6,8-9,14,23,25H,5,7,10H2,(H3,20,21)/t14-/m0/s1. The number of carbonyl (C=O) groups is 1. The van der Waals surface area contributed by atoms with Crippen LogP contribution in [0.1, 0.15) is 17.5 Å². The van der Waals surface area contributed by atoms with Crippen LogP contribution in [0, 0.1) is 5.41 Å². The van der Waals surface area contributed by atoms with Crippen LogP contribution >= 0.6 is 11.3 Å². The van der Waals surface area contributed by atoms with E-state index in [4.69, 9.17) is 15.7 Å². The fourth-order valence-corrected chi connectivity index (χ4v) is 5.79. The molecular formula is C19H19N5O5S2. The van der Waals surface area contributed by atoms with Crippen LogP contribution < -0.4 is 10.5 Å². The summed E-state index contributed by atoms with van der Waals surface area (Å²) >= 11 is 1.03. The van der Waals surface area contributed by atoms with Crippen LogP contribution in [0.5, 0.6) is 5.75 Å². The highest BCUT2D eigenvalue weighted by Gasteiger charge is 2.35. The average molecular weight is 462 g/mol. The van der Waals surface area contributed by atoms with Gasteiger partial charge < -0.3 is 20.3 Å². The molecule has 0 aliphatic carbocycles. The van der Waals surface area contributed by atoms with Crippen LogP contribution in [0.2, 0.25) is 0 Å². The van der Waals surface area contributed by atoms with Gasteiger partial charge in [-0.1, -0.05) is 5.16 Å². The molecule has 1 aliphatic rings. The van der Waals surface area contributed by atoms with E-state index >= 15 is 0 Å². The van der Waals surface area contributed by atoms with Crippen LogP contribution in [-0.4, -0.2) is 47.9 Å². The highest BCUT2D eigenvalue weighted by atomic mass is 32.2. The number of nitrogens with two attached hydrogens (primary N) is 1. The summed E-state index contributed by atoms with van der Waals surface area (Å²) in [5, 5.41) is 21.4. The summed E-state index contributed by atoms with van der Waals surface area (Å²) in [5.74, 6) is -0.564. The van der Waals surface area contributed by atoms with Crippen LogP contribution in [0.4, 0.5) is 0 Å². The lowest BCUT2D eigenvalue weighted by Crippen LogP contribution is -2.41. The second-order valence-corrected chi connectivity index (χ2v) is 10.0. The molecule has 12 heteroatoms. The number of phenolic OH excluding ortho intramolecular Hbond substituents is 1. The molecule has 0 saturated carbocycles. The highest BCUT2D eigenvalue weighted by molar-refractivity contribution is 7.91. The van der Waals surface area contributed by atoms with Gasteiger partial charge in [-0.15, -0.1) is 11.3 Å². The van der Waals surface area contributed by atoms with Crippen molar-refractivity contribution in [3.8, 4) is 16.3 Å². The molecule has 0 spiro atoms. The maximum atomic E-state index is 12.8. The zero-order valence-electron chi connectivity index (χ0n) is 16.1. The first-order chi connectivity index (χ1) is 14.7. The molecule has 1 aromatic carbocycles. The predicted octanol–water partition coefficient (Wildman–Crippen LogP) is 1.47. The minimum absolute atomic E-state index is 0.0270. The minimum atomic E-state index is -3.90. The molecule has 4 rings (SSSR count). The molecule has 3 aromatic rings. The van der Waals surface area contributed by atoms with Gasteiger partial charge in [0.05, 0.1) is 4.88 Å². The number of thiophene rings is 1. The number of aromatic hydroxyl groups is 1. The number of phenols is 1. The number of carbonyl (C=O) groups excluding carboxylic acids is 1. The van der Waals surface area contributed by atoms with Crippen LogP contribution in [-0.2, 0) is 21.4 Å². The number of nitrogens with one attached hydrogen (secondary N) is 2. The monoisotopic (exact) mass is 461 g/mol. The van der Waals surface area contributed by atoms with Crippen LogP contribution in [0.25, 0.3) is 10.6 Å². The number of likely N-dealkylation sites (tertiary alicyclic amines) is 1. The number of benzene rings is 1. The van der Waals surface area contributed by atoms with Gasteiger partial charge in [0.2, 0.25) is 5.91 Å². The molecule has 2 aromatic heterocycles. The Morgan fingerprint density at radius 1 is 1.35 bits per heavy atom. The van der Waals surface area contributed by atoms with Gasteiger partial charge in [-0.05, 0) is 36.8 Å². The highest BCUT2D eigenvalue weighted by Crippen LogP contribution is 2.30. The van der Waals surface area contributed by atoms with E-state index in [2.05, 4.69) is 9.88 Å². The smallest absolute Gasteiger partial charge is 0.250 e. The lowest BCUT2D eigenvalue weighted by atomic mass is 10.1. The fourth-order valence-electron chi connectivity index (χ4n) is 3.28. The molecule has 0 radical (unpaired) electrons. The van der Waals surface area contributed by atoms with E-state index in [0.29, 0.717) is 34.7 Å². The van der Waals surface area contributed by atoms with Crippen LogP contribution in [0.3, 0.4) is 0 Å². The van der Waals surface area contributed by atoms with Crippen molar-refractivity contribution in [1.29, 1.82) is 5.41 Å². The summed E-state index contributed by atoms with van der Waals surface area (Å²) in [7, 11) is -3.90. The normalized spacial score (nSPS) is 16.7. The van der Waals surface area contributed by atoms with E-state index < -0.39 is 16.1 Å². The third kappa shape index (κ3) is 4.31. The van der Waals surface area contributed by atoms with Crippen molar-refractivity contribution < 1.29 is 22.8 Å². The van der Waals surface area contributed by atoms with E-state index in [9.17, 15) is 18.3 Å². The molecule has 1 aliphatic heterocycles. The van der Waals surface area contributed by atoms with Gasteiger partial charge in [0.25, 0.3) is 10.0 Å². The van der Waals surface area contributed by atoms with Crippen molar-refractivity contribution >= 4 is 33.1 Å². The van der Waals surface area contributed by atoms with Gasteiger partial charge in [-0.3, -0.25) is 10.2 Å². The Balaban J connectivity index is 1.46. The number of rotatable bonds is 7. The van der Waals surface area contributed by atoms with E-state index in [1.807, 2.05) is 0 Å². The average Bonchev–Trinajstić information content (AvgIpc) is 3.47. The molecular weight excluding hydrogens is 442 g/mol. The number of hydrogen-bond donors (Lipinski definition) is 4. The lowest BCUT2D eigenvalue weighted by molar-refractivity contribution is -0.129. The number of sulfonamides is 1. The molecule has 1 amide bonds. The molecule has 31 heavy (non-hydrogen) atoms. The lowest BCUT2D eigenvalue weighted by Gasteiger charge is -2.18. The molecule has 1 atom stereocenters. The largest absolute Gasteiger partial charge is 0.508 e. The number of amides is 1. The second-order valence-electron chi connectivity index (χ2n) is 6.98. The van der Waals surface area contributed by atoms with Gasteiger partial charge in [0.15, 0.2) is 0 Å². The maximum Gasteiger partial charge on any atom is 0.250 e. The molecule has 162 valence electrons. The topological polar surface area (TPSA) is 163 Å². The zero-order valence-corrected chi connectivity index (χ0v) is 17.7. The van der Waals surface area contributed by atoms with Gasteiger partial charge in [-0.2, -0.15) is 4.72 Å². The van der Waals surface area contributed by atoms with Crippen molar-refractivity contribution in [2.24, 2.45) is 5.73 Å². The van der Waals surface area contributed by atoms with Crippen molar-refractivity contribution in [3.63, 3.8) is 0 Å². The summed E-state index contributed by atoms with van der Waals surface area (Å²) in [5.41, 5.74) is 6.87. The van der Waals surface area contributed by atoms with Crippen molar-refractivity contribution in [2.45, 2.75) is 23.2 Å². The first-order valence-corrected chi connectivity index (χ1v) is 11.5. The number of nitrogen functional groups attached to an aromatic ring is 1. The Labute approximate surface area is 181 Å². The van der Waals surface area contributed by atoms with Crippen molar-refractivity contribution in [2.75, 3.05) is 6.54 Å². The maximum absolute atomic E-state index is 12.8. The van der Waals surface area contributed by atoms with Crippen molar-refractivity contribution in [1.82, 2.24) is 14.8 Å². The zero-order chi connectivity index (χ0) is 22.2. The summed E-state index contributed by atoms with van der Waals surface area (Å²) in [4.78, 5) is 14.9. The molecule has 1 fully saturated rings. The Morgan fingerprint density at radius 2 is 2.16 bits per heavy atom. The quantitative estimate of drug-likeness (QED) is 0.306. The van der Waals surface area contributed by atoms with Gasteiger partial charge >= 0.3 is 0 Å². The van der Waals surface area contributed by atoms with E-state index in [-0.39, 0.29) is 28.2 Å². The molecule has 10 nitrogen and oxygen atoms in total. The number of hydrogen-bond acceptors (Lipinski definition) is 8. The van der Waals surface area contributed by atoms with Gasteiger partial charge in [0, 0.05) is 30.3 Å². The molecule has 0 unspecified atom stereocenters. The number of nitrogens with zero attached hydrogens (tertiary/aromatic N) is 2. The number of aromatic nitrogens is 1. The molecule has 1 saturated heterocycles. The Hall–Kier alpha value is -3.22. The third-order valence-corrected chi connectivity index (χ3v) is 7.95. The first kappa shape index (κ1) is 21.0. The SMILES string of the molecule is N=C(N)c1ccc(O)c(CN2CC[C@H](NS(=O)(=O)c3ccc(-c4ccon4)s3)C2=O)c1. The van der Waals surface area contributed by atoms with Crippen LogP contribution in [0.15, 0.2) is 51.4 Å². The number of amidine groups is 1. The minimum Gasteiger partial charge on any atom is -0.508 e. The Morgan fingerprint density at radius 3 is 2.87 bits per heavy atom. The summed E-state index contributed by atoms with van der Waals surface area (Å²) in [6, 6.07) is 8.28. The Kier molecular flexibility index (Phi) is 5.52.